The van der Waals surface area contributed by atoms with Gasteiger partial charge in [-0.2, -0.15) is 0 Å². The molecule has 0 bridgehead atoms. The molecule has 0 unspecified atom stereocenters. The molecule has 2 saturated heterocycles. The third-order valence-electron chi connectivity index (χ3n) is 3.89. The number of imide groups is 1. The zero-order valence-electron chi connectivity index (χ0n) is 11.3. The van der Waals surface area contributed by atoms with Gasteiger partial charge in [0.25, 0.3) is 0 Å². The number of rotatable bonds is 3. The van der Waals surface area contributed by atoms with E-state index in [0.29, 0.717) is 26.2 Å². The fourth-order valence-corrected chi connectivity index (χ4v) is 2.77. The summed E-state index contributed by atoms with van der Waals surface area (Å²) in [5.41, 5.74) is 0.983. The van der Waals surface area contributed by atoms with Gasteiger partial charge < -0.3 is 4.74 Å². The minimum atomic E-state index is -0.296. The van der Waals surface area contributed by atoms with E-state index >= 15 is 0 Å². The molecule has 2 heterocycles. The number of hydrogen-bond donors (Lipinski definition) is 0. The number of morpholine rings is 1. The van der Waals surface area contributed by atoms with Crippen LogP contribution in [-0.4, -0.2) is 54.0 Å². The lowest BCUT2D eigenvalue weighted by molar-refractivity contribution is -0.140. The highest BCUT2D eigenvalue weighted by Gasteiger charge is 2.41. The van der Waals surface area contributed by atoms with Crippen molar-refractivity contribution in [3.8, 4) is 0 Å². The first-order valence-corrected chi connectivity index (χ1v) is 6.95. The summed E-state index contributed by atoms with van der Waals surface area (Å²) in [5, 5.41) is 0. The number of amides is 2. The van der Waals surface area contributed by atoms with Gasteiger partial charge in [0.15, 0.2) is 0 Å². The summed E-state index contributed by atoms with van der Waals surface area (Å²) >= 11 is 0. The molecule has 1 atom stereocenters. The van der Waals surface area contributed by atoms with Gasteiger partial charge in [0, 0.05) is 13.1 Å². The van der Waals surface area contributed by atoms with Gasteiger partial charge in [-0.05, 0) is 5.56 Å². The lowest BCUT2D eigenvalue weighted by atomic mass is 10.2. The van der Waals surface area contributed by atoms with E-state index in [1.807, 2.05) is 30.3 Å². The summed E-state index contributed by atoms with van der Waals surface area (Å²) in [6, 6.07) is 9.33. The van der Waals surface area contributed by atoms with E-state index in [2.05, 4.69) is 4.90 Å². The zero-order chi connectivity index (χ0) is 13.9. The van der Waals surface area contributed by atoms with E-state index in [1.165, 1.54) is 4.90 Å². The number of nitrogens with zero attached hydrogens (tertiary/aromatic N) is 2. The Morgan fingerprint density at radius 1 is 1.10 bits per heavy atom. The quantitative estimate of drug-likeness (QED) is 0.759. The molecule has 2 amide bonds. The first kappa shape index (κ1) is 13.3. The second kappa shape index (κ2) is 5.73. The van der Waals surface area contributed by atoms with Gasteiger partial charge >= 0.3 is 0 Å². The Bertz CT molecular complexity index is 497. The molecule has 0 saturated carbocycles. The van der Waals surface area contributed by atoms with Crippen molar-refractivity contribution in [2.45, 2.75) is 19.0 Å². The Morgan fingerprint density at radius 3 is 2.50 bits per heavy atom. The van der Waals surface area contributed by atoms with Crippen LogP contribution in [0, 0.1) is 0 Å². The van der Waals surface area contributed by atoms with Crippen LogP contribution in [-0.2, 0) is 20.9 Å². The molecule has 2 aliphatic heterocycles. The minimum absolute atomic E-state index is 0.0687. The summed E-state index contributed by atoms with van der Waals surface area (Å²) in [7, 11) is 0. The predicted molar refractivity (Wildman–Crippen MR) is 72.8 cm³/mol. The van der Waals surface area contributed by atoms with Crippen LogP contribution in [0.3, 0.4) is 0 Å². The van der Waals surface area contributed by atoms with Crippen molar-refractivity contribution in [2.75, 3.05) is 26.3 Å². The topological polar surface area (TPSA) is 49.9 Å². The number of ether oxygens (including phenoxy) is 1. The summed E-state index contributed by atoms with van der Waals surface area (Å²) in [6.45, 7) is 3.10. The molecule has 1 aromatic carbocycles. The third kappa shape index (κ3) is 2.59. The van der Waals surface area contributed by atoms with Gasteiger partial charge in [-0.25, -0.2) is 0 Å². The lowest BCUT2D eigenvalue weighted by Crippen LogP contribution is -2.47. The van der Waals surface area contributed by atoms with Crippen molar-refractivity contribution in [3.63, 3.8) is 0 Å². The Balaban J connectivity index is 1.70. The second-order valence-corrected chi connectivity index (χ2v) is 5.17. The highest BCUT2D eigenvalue weighted by molar-refractivity contribution is 6.05. The van der Waals surface area contributed by atoms with Crippen LogP contribution < -0.4 is 0 Å². The molecule has 0 N–H and O–H groups in total. The molecule has 0 aliphatic carbocycles. The average Bonchev–Trinajstić information content (AvgIpc) is 2.77. The molecule has 0 spiro atoms. The highest BCUT2D eigenvalue weighted by atomic mass is 16.5. The zero-order valence-corrected chi connectivity index (χ0v) is 11.3. The van der Waals surface area contributed by atoms with E-state index in [1.54, 1.807) is 0 Å². The van der Waals surface area contributed by atoms with Crippen molar-refractivity contribution in [2.24, 2.45) is 0 Å². The number of likely N-dealkylation sites (tertiary alicyclic amines) is 1. The standard InChI is InChI=1S/C15H18N2O3/c18-14-10-13(16-6-8-20-9-7-16)15(19)17(14)11-12-4-2-1-3-5-12/h1-5,13H,6-11H2/t13-/m1/s1. The molecular weight excluding hydrogens is 256 g/mol. The normalized spacial score (nSPS) is 24.4. The largest absolute Gasteiger partial charge is 0.379 e. The van der Waals surface area contributed by atoms with Crippen molar-refractivity contribution < 1.29 is 14.3 Å². The van der Waals surface area contributed by atoms with Crippen LogP contribution in [0.15, 0.2) is 30.3 Å². The Labute approximate surface area is 118 Å². The first-order chi connectivity index (χ1) is 9.75. The van der Waals surface area contributed by atoms with E-state index in [9.17, 15) is 9.59 Å². The number of carbonyl (C=O) groups excluding carboxylic acids is 2. The van der Waals surface area contributed by atoms with Gasteiger partial charge in [-0.3, -0.25) is 19.4 Å². The minimum Gasteiger partial charge on any atom is -0.379 e. The maximum absolute atomic E-state index is 12.4. The Hall–Kier alpha value is -1.72. The van der Waals surface area contributed by atoms with Gasteiger partial charge in [-0.15, -0.1) is 0 Å². The van der Waals surface area contributed by atoms with Crippen molar-refractivity contribution >= 4 is 11.8 Å². The number of hydrogen-bond acceptors (Lipinski definition) is 4. The van der Waals surface area contributed by atoms with Crippen molar-refractivity contribution in [1.29, 1.82) is 0 Å². The molecule has 0 radical (unpaired) electrons. The lowest BCUT2D eigenvalue weighted by Gasteiger charge is -2.30. The summed E-state index contributed by atoms with van der Waals surface area (Å²) < 4.78 is 5.29. The molecule has 3 rings (SSSR count). The van der Waals surface area contributed by atoms with Gasteiger partial charge in [0.2, 0.25) is 11.8 Å². The van der Waals surface area contributed by atoms with E-state index in [-0.39, 0.29) is 17.9 Å². The van der Waals surface area contributed by atoms with Gasteiger partial charge in [0.1, 0.15) is 0 Å². The fourth-order valence-electron chi connectivity index (χ4n) is 2.77. The van der Waals surface area contributed by atoms with Crippen LogP contribution in [0.25, 0.3) is 0 Å². The van der Waals surface area contributed by atoms with Crippen LogP contribution in [0.2, 0.25) is 0 Å². The van der Waals surface area contributed by atoms with Crippen LogP contribution in [0.4, 0.5) is 0 Å². The second-order valence-electron chi connectivity index (χ2n) is 5.17. The van der Waals surface area contributed by atoms with Crippen LogP contribution >= 0.6 is 0 Å². The summed E-state index contributed by atoms with van der Waals surface area (Å²) in [5.74, 6) is -0.143. The highest BCUT2D eigenvalue weighted by Crippen LogP contribution is 2.21. The molecule has 20 heavy (non-hydrogen) atoms. The first-order valence-electron chi connectivity index (χ1n) is 6.95. The van der Waals surface area contributed by atoms with E-state index < -0.39 is 0 Å². The van der Waals surface area contributed by atoms with Crippen molar-refractivity contribution in [3.05, 3.63) is 35.9 Å². The van der Waals surface area contributed by atoms with Gasteiger partial charge in [0.05, 0.1) is 32.2 Å². The SMILES string of the molecule is O=C1C[C@@H](N2CCOCC2)C(=O)N1Cc1ccccc1. The maximum Gasteiger partial charge on any atom is 0.247 e. The van der Waals surface area contributed by atoms with Crippen LogP contribution in [0.5, 0.6) is 0 Å². The van der Waals surface area contributed by atoms with E-state index in [4.69, 9.17) is 4.74 Å². The average molecular weight is 274 g/mol. The molecule has 5 heteroatoms. The number of carbonyl (C=O) groups is 2. The fraction of sp³-hybridized carbons (Fsp3) is 0.467. The third-order valence-corrected chi connectivity index (χ3v) is 3.89. The predicted octanol–water partition coefficient (Wildman–Crippen LogP) is 0.646. The van der Waals surface area contributed by atoms with Crippen molar-refractivity contribution in [1.82, 2.24) is 9.80 Å². The monoisotopic (exact) mass is 274 g/mol. The Kier molecular flexibility index (Phi) is 3.80. The van der Waals surface area contributed by atoms with Gasteiger partial charge in [-0.1, -0.05) is 30.3 Å². The Morgan fingerprint density at radius 2 is 1.80 bits per heavy atom. The number of benzene rings is 1. The molecular formula is C15H18N2O3. The molecule has 2 aliphatic rings. The molecule has 2 fully saturated rings. The molecule has 5 nitrogen and oxygen atoms in total. The van der Waals surface area contributed by atoms with Crippen LogP contribution in [0.1, 0.15) is 12.0 Å². The van der Waals surface area contributed by atoms with E-state index in [0.717, 1.165) is 18.7 Å². The smallest absolute Gasteiger partial charge is 0.247 e. The maximum atomic E-state index is 12.4. The molecule has 106 valence electrons. The summed E-state index contributed by atoms with van der Waals surface area (Å²) in [6.07, 6.45) is 0.297. The summed E-state index contributed by atoms with van der Waals surface area (Å²) in [4.78, 5) is 28.0. The molecule has 0 aromatic heterocycles. The molecule has 1 aromatic rings.